The minimum Gasteiger partial charge on any atom is -0.493 e. The normalized spacial score (nSPS) is 10.3. The monoisotopic (exact) mass is 263 g/mol. The van der Waals surface area contributed by atoms with Crippen LogP contribution >= 0.6 is 11.3 Å². The van der Waals surface area contributed by atoms with Gasteiger partial charge >= 0.3 is 5.97 Å². The van der Waals surface area contributed by atoms with Gasteiger partial charge in [0.1, 0.15) is 5.75 Å². The molecule has 0 spiro atoms. The van der Waals surface area contributed by atoms with Crippen molar-refractivity contribution in [3.8, 4) is 16.2 Å². The van der Waals surface area contributed by atoms with Crippen LogP contribution in [0.1, 0.15) is 22.4 Å². The fraction of sp³-hybridized carbons (Fsp3) is 0.231. The Morgan fingerprint density at radius 2 is 2.17 bits per heavy atom. The van der Waals surface area contributed by atoms with Crippen LogP contribution in [-0.4, -0.2) is 22.7 Å². The van der Waals surface area contributed by atoms with E-state index in [0.717, 1.165) is 10.6 Å². The van der Waals surface area contributed by atoms with Crippen LogP contribution in [0.15, 0.2) is 24.3 Å². The zero-order valence-corrected chi connectivity index (χ0v) is 11.0. The Morgan fingerprint density at radius 3 is 2.83 bits per heavy atom. The van der Waals surface area contributed by atoms with Crippen molar-refractivity contribution in [3.05, 3.63) is 35.0 Å². The number of aromatic nitrogens is 1. The Morgan fingerprint density at radius 1 is 1.44 bits per heavy atom. The zero-order valence-electron chi connectivity index (χ0n) is 10.1. The van der Waals surface area contributed by atoms with Crippen LogP contribution in [-0.2, 0) is 0 Å². The average Bonchev–Trinajstić information content (AvgIpc) is 2.72. The molecule has 4 nitrogen and oxygen atoms in total. The van der Waals surface area contributed by atoms with Crippen molar-refractivity contribution in [3.63, 3.8) is 0 Å². The fourth-order valence-corrected chi connectivity index (χ4v) is 2.63. The van der Waals surface area contributed by atoms with E-state index >= 15 is 0 Å². The van der Waals surface area contributed by atoms with Gasteiger partial charge in [0.25, 0.3) is 0 Å². The van der Waals surface area contributed by atoms with Gasteiger partial charge in [-0.1, -0.05) is 12.1 Å². The molecule has 0 aliphatic carbocycles. The lowest BCUT2D eigenvalue weighted by Crippen LogP contribution is -2.00. The maximum absolute atomic E-state index is 11.2. The summed E-state index contributed by atoms with van der Waals surface area (Å²) < 4.78 is 5.52. The number of aromatic carboxylic acids is 1. The fourth-order valence-electron chi connectivity index (χ4n) is 1.69. The molecular formula is C13H13NO3S. The lowest BCUT2D eigenvalue weighted by Gasteiger charge is -2.08. The van der Waals surface area contributed by atoms with Gasteiger partial charge in [0.05, 0.1) is 16.5 Å². The first-order valence-electron chi connectivity index (χ1n) is 5.56. The van der Waals surface area contributed by atoms with Crippen LogP contribution < -0.4 is 4.74 Å². The molecule has 2 rings (SSSR count). The smallest absolute Gasteiger partial charge is 0.356 e. The number of ether oxygens (including phenoxy) is 1. The van der Waals surface area contributed by atoms with Crippen LogP contribution in [0.2, 0.25) is 0 Å². The Balaban J connectivity index is 2.58. The van der Waals surface area contributed by atoms with Gasteiger partial charge in [-0.3, -0.25) is 0 Å². The molecule has 0 saturated carbocycles. The number of hydrogen-bond donors (Lipinski definition) is 1. The van der Waals surface area contributed by atoms with Crippen LogP contribution in [0.25, 0.3) is 10.4 Å². The molecule has 0 aliphatic rings. The summed E-state index contributed by atoms with van der Waals surface area (Å²) in [5.74, 6) is -0.327. The number of benzene rings is 1. The number of hydrogen-bond acceptors (Lipinski definition) is 4. The second kappa shape index (κ2) is 5.18. The van der Waals surface area contributed by atoms with E-state index in [1.54, 1.807) is 6.92 Å². The Hall–Kier alpha value is -1.88. The van der Waals surface area contributed by atoms with Gasteiger partial charge in [0.2, 0.25) is 0 Å². The standard InChI is InChI=1S/C13H13NO3S/c1-3-17-10-7-5-4-6-9(10)12-11(13(15)16)14-8(2)18-12/h4-7H,3H2,1-2H3,(H,15,16). The first-order chi connectivity index (χ1) is 8.63. The molecule has 0 radical (unpaired) electrons. The number of thiazole rings is 1. The van der Waals surface area contributed by atoms with E-state index in [4.69, 9.17) is 9.84 Å². The molecule has 1 aromatic heterocycles. The molecule has 18 heavy (non-hydrogen) atoms. The van der Waals surface area contributed by atoms with Gasteiger partial charge in [-0.2, -0.15) is 0 Å². The van der Waals surface area contributed by atoms with E-state index < -0.39 is 5.97 Å². The number of rotatable bonds is 4. The minimum atomic E-state index is -1.01. The van der Waals surface area contributed by atoms with Crippen molar-refractivity contribution >= 4 is 17.3 Å². The molecule has 5 heteroatoms. The first kappa shape index (κ1) is 12.6. The van der Waals surface area contributed by atoms with Crippen molar-refractivity contribution < 1.29 is 14.6 Å². The van der Waals surface area contributed by atoms with E-state index in [-0.39, 0.29) is 5.69 Å². The third-order valence-corrected chi connectivity index (χ3v) is 3.37. The summed E-state index contributed by atoms with van der Waals surface area (Å²) in [7, 11) is 0. The van der Waals surface area contributed by atoms with E-state index in [2.05, 4.69) is 4.98 Å². The molecule has 0 amide bonds. The SMILES string of the molecule is CCOc1ccccc1-c1sc(C)nc1C(=O)O. The molecule has 94 valence electrons. The lowest BCUT2D eigenvalue weighted by molar-refractivity contribution is 0.0692. The molecule has 1 aromatic carbocycles. The molecule has 1 heterocycles. The average molecular weight is 263 g/mol. The zero-order chi connectivity index (χ0) is 13.1. The number of carboxylic acid groups (broad SMARTS) is 1. The predicted molar refractivity (Wildman–Crippen MR) is 70.4 cm³/mol. The second-order valence-electron chi connectivity index (χ2n) is 3.64. The largest absolute Gasteiger partial charge is 0.493 e. The number of carboxylic acids is 1. The highest BCUT2D eigenvalue weighted by atomic mass is 32.1. The summed E-state index contributed by atoms with van der Waals surface area (Å²) in [4.78, 5) is 15.9. The van der Waals surface area contributed by atoms with Gasteiger partial charge in [-0.15, -0.1) is 11.3 Å². The molecular weight excluding hydrogens is 250 g/mol. The quantitative estimate of drug-likeness (QED) is 0.920. The van der Waals surface area contributed by atoms with Crippen molar-refractivity contribution in [2.45, 2.75) is 13.8 Å². The lowest BCUT2D eigenvalue weighted by atomic mass is 10.1. The number of carbonyl (C=O) groups is 1. The van der Waals surface area contributed by atoms with Gasteiger partial charge in [0, 0.05) is 5.56 Å². The molecule has 0 unspecified atom stereocenters. The van der Waals surface area contributed by atoms with E-state index in [0.29, 0.717) is 17.2 Å². The summed E-state index contributed by atoms with van der Waals surface area (Å²) >= 11 is 1.36. The molecule has 0 aliphatic heterocycles. The Kier molecular flexibility index (Phi) is 3.62. The third kappa shape index (κ3) is 2.36. The summed E-state index contributed by atoms with van der Waals surface area (Å²) in [6, 6.07) is 7.41. The number of nitrogens with zero attached hydrogens (tertiary/aromatic N) is 1. The molecule has 2 aromatic rings. The maximum Gasteiger partial charge on any atom is 0.356 e. The van der Waals surface area contributed by atoms with Gasteiger partial charge in [-0.05, 0) is 26.0 Å². The van der Waals surface area contributed by atoms with Crippen LogP contribution in [0.5, 0.6) is 5.75 Å². The van der Waals surface area contributed by atoms with Gasteiger partial charge in [-0.25, -0.2) is 9.78 Å². The van der Waals surface area contributed by atoms with Crippen molar-refractivity contribution in [1.82, 2.24) is 4.98 Å². The highest BCUT2D eigenvalue weighted by Gasteiger charge is 2.19. The van der Waals surface area contributed by atoms with E-state index in [1.165, 1.54) is 11.3 Å². The highest BCUT2D eigenvalue weighted by Crippen LogP contribution is 2.36. The van der Waals surface area contributed by atoms with E-state index in [9.17, 15) is 4.79 Å². The summed E-state index contributed by atoms with van der Waals surface area (Å²) in [6.07, 6.45) is 0. The van der Waals surface area contributed by atoms with Crippen LogP contribution in [0, 0.1) is 6.92 Å². The molecule has 0 saturated heterocycles. The predicted octanol–water partition coefficient (Wildman–Crippen LogP) is 3.22. The van der Waals surface area contributed by atoms with Crippen molar-refractivity contribution in [1.29, 1.82) is 0 Å². The number of aryl methyl sites for hydroxylation is 1. The number of para-hydroxylation sites is 1. The highest BCUT2D eigenvalue weighted by molar-refractivity contribution is 7.15. The molecule has 0 fully saturated rings. The molecule has 0 atom stereocenters. The van der Waals surface area contributed by atoms with Crippen molar-refractivity contribution in [2.75, 3.05) is 6.61 Å². The van der Waals surface area contributed by atoms with Crippen LogP contribution in [0.3, 0.4) is 0 Å². The summed E-state index contributed by atoms with van der Waals surface area (Å²) in [5, 5.41) is 9.89. The Bertz CT molecular complexity index is 577. The van der Waals surface area contributed by atoms with Gasteiger partial charge in [0.15, 0.2) is 5.69 Å². The van der Waals surface area contributed by atoms with Crippen molar-refractivity contribution in [2.24, 2.45) is 0 Å². The maximum atomic E-state index is 11.2. The Labute approximate surface area is 109 Å². The summed E-state index contributed by atoms with van der Waals surface area (Å²) in [6.45, 7) is 4.23. The summed E-state index contributed by atoms with van der Waals surface area (Å²) in [5.41, 5.74) is 0.868. The topological polar surface area (TPSA) is 59.4 Å². The second-order valence-corrected chi connectivity index (χ2v) is 4.85. The molecule has 1 N–H and O–H groups in total. The van der Waals surface area contributed by atoms with Crippen LogP contribution in [0.4, 0.5) is 0 Å². The minimum absolute atomic E-state index is 0.0876. The van der Waals surface area contributed by atoms with Gasteiger partial charge < -0.3 is 9.84 Å². The first-order valence-corrected chi connectivity index (χ1v) is 6.38. The molecule has 0 bridgehead atoms. The third-order valence-electron chi connectivity index (χ3n) is 2.37. The van der Waals surface area contributed by atoms with E-state index in [1.807, 2.05) is 31.2 Å².